The van der Waals surface area contributed by atoms with Crippen molar-refractivity contribution in [2.75, 3.05) is 6.61 Å². The molecule has 1 N–H and O–H groups in total. The van der Waals surface area contributed by atoms with Crippen LogP contribution in [0.5, 0.6) is 5.75 Å². The third kappa shape index (κ3) is 3.30. The normalized spacial score (nSPS) is 10.8. The van der Waals surface area contributed by atoms with E-state index in [0.29, 0.717) is 40.1 Å². The van der Waals surface area contributed by atoms with E-state index in [4.69, 9.17) is 9.15 Å². The summed E-state index contributed by atoms with van der Waals surface area (Å²) in [6.07, 6.45) is 0.906. The molecular formula is C17H15N4NaO3. The standard InChI is InChI=1S/C17H14N4O3.Na.H/c1-2-7-23-11-4-6-14-13(9-11)16(22)12-5-3-10(8-15(12)24-14)17-18-20-21-19-17;;/h3-6,8-9H,2,7H2,1H3,(H,18,19,20,21);;. The van der Waals surface area contributed by atoms with Crippen molar-refractivity contribution in [1.82, 2.24) is 20.6 Å². The molecule has 0 saturated carbocycles. The molecule has 0 unspecified atom stereocenters. The molecule has 2 aromatic carbocycles. The van der Waals surface area contributed by atoms with Gasteiger partial charge in [-0.15, -0.1) is 5.10 Å². The van der Waals surface area contributed by atoms with Crippen molar-refractivity contribution in [3.8, 4) is 17.1 Å². The average molecular weight is 346 g/mol. The van der Waals surface area contributed by atoms with E-state index >= 15 is 0 Å². The number of rotatable bonds is 4. The summed E-state index contributed by atoms with van der Waals surface area (Å²) in [5, 5.41) is 14.7. The number of benzene rings is 2. The van der Waals surface area contributed by atoms with E-state index in [1.165, 1.54) is 0 Å². The number of tetrazole rings is 1. The molecule has 4 aromatic rings. The predicted molar refractivity (Wildman–Crippen MR) is 96.1 cm³/mol. The number of H-pyrrole nitrogens is 1. The van der Waals surface area contributed by atoms with E-state index in [2.05, 4.69) is 20.6 Å². The summed E-state index contributed by atoms with van der Waals surface area (Å²) in [6, 6.07) is 10.5. The second-order valence-electron chi connectivity index (χ2n) is 5.40. The zero-order valence-electron chi connectivity index (χ0n) is 12.9. The Bertz CT molecular complexity index is 1080. The predicted octanol–water partition coefficient (Wildman–Crippen LogP) is 2.27. The Morgan fingerprint density at radius 2 is 2.00 bits per heavy atom. The van der Waals surface area contributed by atoms with Gasteiger partial charge in [0.25, 0.3) is 0 Å². The van der Waals surface area contributed by atoms with Crippen LogP contribution < -0.4 is 10.2 Å². The Hall–Kier alpha value is -2.22. The van der Waals surface area contributed by atoms with Crippen LogP contribution in [0.25, 0.3) is 33.3 Å². The van der Waals surface area contributed by atoms with Crippen LogP contribution in [0.1, 0.15) is 13.3 Å². The Morgan fingerprint density at radius 3 is 2.76 bits per heavy atom. The van der Waals surface area contributed by atoms with Crippen LogP contribution in [0, 0.1) is 0 Å². The fourth-order valence-corrected chi connectivity index (χ4v) is 2.57. The zero-order valence-corrected chi connectivity index (χ0v) is 12.9. The van der Waals surface area contributed by atoms with Gasteiger partial charge in [0.05, 0.1) is 17.4 Å². The molecule has 0 saturated heterocycles. The molecule has 8 heteroatoms. The number of fused-ring (bicyclic) bond motifs is 2. The summed E-state index contributed by atoms with van der Waals surface area (Å²) in [5.74, 6) is 1.18. The second kappa shape index (κ2) is 7.35. The van der Waals surface area contributed by atoms with Crippen molar-refractivity contribution in [1.29, 1.82) is 0 Å². The average Bonchev–Trinajstić information content (AvgIpc) is 3.14. The molecule has 2 heterocycles. The number of hydrogen-bond acceptors (Lipinski definition) is 6. The number of nitrogens with one attached hydrogen (secondary N) is 1. The van der Waals surface area contributed by atoms with Gasteiger partial charge in [0, 0.05) is 5.56 Å². The summed E-state index contributed by atoms with van der Waals surface area (Å²) in [7, 11) is 0. The third-order valence-corrected chi connectivity index (χ3v) is 3.73. The van der Waals surface area contributed by atoms with Crippen LogP contribution in [0.3, 0.4) is 0 Å². The van der Waals surface area contributed by atoms with E-state index < -0.39 is 0 Å². The number of aromatic amines is 1. The molecule has 0 aliphatic carbocycles. The van der Waals surface area contributed by atoms with E-state index in [-0.39, 0.29) is 35.0 Å². The maximum absolute atomic E-state index is 12.7. The van der Waals surface area contributed by atoms with Crippen LogP contribution in [-0.2, 0) is 0 Å². The Balaban J connectivity index is 0.00000182. The van der Waals surface area contributed by atoms with E-state index in [0.717, 1.165) is 12.0 Å². The van der Waals surface area contributed by atoms with Gasteiger partial charge in [0.15, 0.2) is 5.82 Å². The first-order valence-corrected chi connectivity index (χ1v) is 7.64. The van der Waals surface area contributed by atoms with Gasteiger partial charge < -0.3 is 9.15 Å². The molecule has 7 nitrogen and oxygen atoms in total. The van der Waals surface area contributed by atoms with E-state index in [1.54, 1.807) is 36.4 Å². The maximum atomic E-state index is 12.7. The van der Waals surface area contributed by atoms with Gasteiger partial charge in [-0.25, -0.2) is 5.10 Å². The molecule has 0 spiro atoms. The Kier molecular flexibility index (Phi) is 5.17. The van der Waals surface area contributed by atoms with Crippen molar-refractivity contribution >= 4 is 51.5 Å². The number of hydrogen-bond donors (Lipinski definition) is 1. The van der Waals surface area contributed by atoms with Crippen LogP contribution in [-0.4, -0.2) is 56.8 Å². The van der Waals surface area contributed by atoms with Gasteiger partial charge >= 0.3 is 29.6 Å². The van der Waals surface area contributed by atoms with Crippen LogP contribution in [0.2, 0.25) is 0 Å². The first-order chi connectivity index (χ1) is 11.8. The molecule has 0 atom stereocenters. The fourth-order valence-electron chi connectivity index (χ4n) is 2.57. The van der Waals surface area contributed by atoms with Crippen molar-refractivity contribution in [3.05, 3.63) is 46.6 Å². The quantitative estimate of drug-likeness (QED) is 0.450. The minimum atomic E-state index is -0.0876. The SMILES string of the molecule is CCCOc1ccc2oc3cc(-c4nnn[nH]4)ccc3c(=O)c2c1.[NaH]. The molecule has 0 aliphatic heterocycles. The molecular weight excluding hydrogens is 331 g/mol. The van der Waals surface area contributed by atoms with Crippen LogP contribution in [0.15, 0.2) is 45.6 Å². The molecule has 25 heavy (non-hydrogen) atoms. The van der Waals surface area contributed by atoms with Crippen molar-refractivity contribution in [3.63, 3.8) is 0 Å². The molecule has 2 aromatic heterocycles. The summed E-state index contributed by atoms with van der Waals surface area (Å²) < 4.78 is 11.5. The van der Waals surface area contributed by atoms with Gasteiger partial charge in [-0.1, -0.05) is 13.0 Å². The molecule has 0 aliphatic rings. The van der Waals surface area contributed by atoms with Crippen molar-refractivity contribution < 1.29 is 9.15 Å². The van der Waals surface area contributed by atoms with Gasteiger partial charge in [-0.05, 0) is 47.2 Å². The molecule has 0 bridgehead atoms. The van der Waals surface area contributed by atoms with Crippen molar-refractivity contribution in [2.24, 2.45) is 0 Å². The molecule has 122 valence electrons. The summed E-state index contributed by atoms with van der Waals surface area (Å²) >= 11 is 0. The number of aromatic nitrogens is 4. The molecule has 0 radical (unpaired) electrons. The topological polar surface area (TPSA) is 93.9 Å². The van der Waals surface area contributed by atoms with Crippen LogP contribution in [0.4, 0.5) is 0 Å². The van der Waals surface area contributed by atoms with Crippen molar-refractivity contribution in [2.45, 2.75) is 13.3 Å². The third-order valence-electron chi connectivity index (χ3n) is 3.73. The zero-order chi connectivity index (χ0) is 16.5. The Labute approximate surface area is 164 Å². The minimum absolute atomic E-state index is 0. The summed E-state index contributed by atoms with van der Waals surface area (Å²) in [4.78, 5) is 12.7. The molecule has 0 fully saturated rings. The van der Waals surface area contributed by atoms with Gasteiger partial charge in [0.2, 0.25) is 5.43 Å². The van der Waals surface area contributed by atoms with Gasteiger partial charge in [0.1, 0.15) is 16.9 Å². The van der Waals surface area contributed by atoms with Gasteiger partial charge in [-0.2, -0.15) is 0 Å². The second-order valence-corrected chi connectivity index (χ2v) is 5.40. The van der Waals surface area contributed by atoms with E-state index in [1.807, 2.05) is 6.92 Å². The monoisotopic (exact) mass is 346 g/mol. The summed E-state index contributed by atoms with van der Waals surface area (Å²) in [5.41, 5.74) is 1.67. The number of nitrogens with zero attached hydrogens (tertiary/aromatic N) is 3. The summed E-state index contributed by atoms with van der Waals surface area (Å²) in [6.45, 7) is 2.64. The number of ether oxygens (including phenoxy) is 1. The molecule has 4 rings (SSSR count). The first-order valence-electron chi connectivity index (χ1n) is 7.64. The van der Waals surface area contributed by atoms with Crippen LogP contribution >= 0.6 is 0 Å². The van der Waals surface area contributed by atoms with E-state index in [9.17, 15) is 4.79 Å². The first kappa shape index (κ1) is 17.6. The molecule has 0 amide bonds. The Morgan fingerprint density at radius 1 is 1.12 bits per heavy atom. The van der Waals surface area contributed by atoms with Gasteiger partial charge in [-0.3, -0.25) is 4.79 Å². The fraction of sp³-hybridized carbons (Fsp3) is 0.176.